The Labute approximate surface area is 169 Å². The Morgan fingerprint density at radius 2 is 2.07 bits per heavy atom. The Bertz CT molecular complexity index is 1030. The summed E-state index contributed by atoms with van der Waals surface area (Å²) in [7, 11) is 0. The Kier molecular flexibility index (Phi) is 4.99. The zero-order chi connectivity index (χ0) is 20.3. The average molecular weight is 386 g/mol. The normalized spacial score (nSPS) is 21.4. The van der Waals surface area contributed by atoms with Crippen LogP contribution in [0.5, 0.6) is 0 Å². The van der Waals surface area contributed by atoms with Gasteiger partial charge < -0.3 is 15.8 Å². The van der Waals surface area contributed by atoms with Crippen molar-refractivity contribution < 1.29 is 9.53 Å². The van der Waals surface area contributed by atoms with E-state index < -0.39 is 11.6 Å². The molecule has 2 aromatic rings. The van der Waals surface area contributed by atoms with Crippen molar-refractivity contribution in [2.24, 2.45) is 10.7 Å². The van der Waals surface area contributed by atoms with E-state index in [4.69, 9.17) is 15.5 Å². The summed E-state index contributed by atoms with van der Waals surface area (Å²) in [5, 5.41) is 3.49. The average Bonchev–Trinajstić information content (AvgIpc) is 2.80. The zero-order valence-electron chi connectivity index (χ0n) is 16.0. The second-order valence-corrected chi connectivity index (χ2v) is 6.84. The van der Waals surface area contributed by atoms with Crippen LogP contribution in [0.2, 0.25) is 0 Å². The number of carbonyl (C=O) groups is 1. The van der Waals surface area contributed by atoms with Crippen molar-refractivity contribution in [3.63, 3.8) is 0 Å². The first-order chi connectivity index (χ1) is 14.1. The summed E-state index contributed by atoms with van der Waals surface area (Å²) in [4.78, 5) is 21.5. The van der Waals surface area contributed by atoms with E-state index >= 15 is 0 Å². The number of nitrogens with two attached hydrogens (primary N) is 1. The summed E-state index contributed by atoms with van der Waals surface area (Å²) >= 11 is 0. The number of nitrogens with one attached hydrogen (secondary N) is 1. The molecule has 6 nitrogen and oxygen atoms in total. The van der Waals surface area contributed by atoms with Gasteiger partial charge in [-0.15, -0.1) is 0 Å². The molecule has 0 fully saturated rings. The largest absolute Gasteiger partial charge is 0.493 e. The number of amides is 1. The molecule has 0 radical (unpaired) electrons. The van der Waals surface area contributed by atoms with Gasteiger partial charge >= 0.3 is 0 Å². The first-order valence-corrected chi connectivity index (χ1v) is 9.50. The maximum atomic E-state index is 12.5. The third kappa shape index (κ3) is 3.45. The van der Waals surface area contributed by atoms with Gasteiger partial charge in [-0.3, -0.25) is 9.78 Å². The van der Waals surface area contributed by atoms with Gasteiger partial charge in [-0.05, 0) is 37.1 Å². The van der Waals surface area contributed by atoms with Gasteiger partial charge in [0.25, 0.3) is 5.91 Å². The van der Waals surface area contributed by atoms with E-state index in [0.717, 1.165) is 24.0 Å². The fraction of sp³-hybridized carbons (Fsp3) is 0.174. The third-order valence-corrected chi connectivity index (χ3v) is 4.97. The number of allylic oxidation sites excluding steroid dienone is 2. The molecule has 0 aliphatic carbocycles. The molecule has 1 unspecified atom stereocenters. The Morgan fingerprint density at radius 3 is 2.69 bits per heavy atom. The van der Waals surface area contributed by atoms with Crippen LogP contribution >= 0.6 is 0 Å². The minimum atomic E-state index is -1.05. The highest BCUT2D eigenvalue weighted by Gasteiger charge is 2.39. The van der Waals surface area contributed by atoms with E-state index in [1.54, 1.807) is 18.5 Å². The standard InChI is InChI=1S/C23H22N4O2/c1-2-23(17-10-4-3-5-11-17)26-20(16-9-8-13-25-15-16)19(21(27-23)22(24)28)18-12-6-7-14-29-18/h2-5,8-13,15,26H,1,6-7,14H2,(H2,24,28). The van der Waals surface area contributed by atoms with Crippen LogP contribution in [0.15, 0.2) is 89.9 Å². The maximum absolute atomic E-state index is 12.5. The predicted molar refractivity (Wildman–Crippen MR) is 113 cm³/mol. The Balaban J connectivity index is 1.98. The minimum Gasteiger partial charge on any atom is -0.493 e. The summed E-state index contributed by atoms with van der Waals surface area (Å²) in [6.45, 7) is 4.56. The monoisotopic (exact) mass is 386 g/mol. The fourth-order valence-corrected chi connectivity index (χ4v) is 3.55. The van der Waals surface area contributed by atoms with E-state index in [2.05, 4.69) is 16.9 Å². The summed E-state index contributed by atoms with van der Waals surface area (Å²) in [6.07, 6.45) is 8.86. The van der Waals surface area contributed by atoms with Crippen molar-refractivity contribution in [2.45, 2.75) is 18.5 Å². The first-order valence-electron chi connectivity index (χ1n) is 9.50. The molecule has 2 aliphatic heterocycles. The first kappa shape index (κ1) is 18.7. The number of carbonyl (C=O) groups excluding carboxylic acids is 1. The molecule has 1 aromatic heterocycles. The Hall–Kier alpha value is -3.67. The SMILES string of the molecule is C=CC1(c2ccccc2)N=C(C(N)=O)C(C2=CCCCO2)=C(c2cccnc2)N1. The van der Waals surface area contributed by atoms with Gasteiger partial charge in [0.05, 0.1) is 17.9 Å². The number of aliphatic imine (C=N–C) groups is 1. The quantitative estimate of drug-likeness (QED) is 0.773. The Morgan fingerprint density at radius 1 is 1.24 bits per heavy atom. The van der Waals surface area contributed by atoms with Crippen LogP contribution in [0.3, 0.4) is 0 Å². The summed E-state index contributed by atoms with van der Waals surface area (Å²) < 4.78 is 5.89. The number of primary amides is 1. The highest BCUT2D eigenvalue weighted by atomic mass is 16.5. The molecular weight excluding hydrogens is 364 g/mol. The number of hydrogen-bond acceptors (Lipinski definition) is 5. The van der Waals surface area contributed by atoms with Gasteiger partial charge in [0, 0.05) is 23.5 Å². The summed E-state index contributed by atoms with van der Waals surface area (Å²) in [6, 6.07) is 13.4. The summed E-state index contributed by atoms with van der Waals surface area (Å²) in [5.41, 5.74) is 7.77. The van der Waals surface area contributed by atoms with Gasteiger partial charge in [0.1, 0.15) is 11.5 Å². The van der Waals surface area contributed by atoms with Crippen molar-refractivity contribution in [3.8, 4) is 0 Å². The molecule has 0 saturated heterocycles. The highest BCUT2D eigenvalue weighted by molar-refractivity contribution is 6.47. The number of pyridine rings is 1. The molecule has 0 saturated carbocycles. The van der Waals surface area contributed by atoms with Crippen molar-refractivity contribution in [2.75, 3.05) is 6.61 Å². The van der Waals surface area contributed by atoms with Gasteiger partial charge in [0.15, 0.2) is 5.66 Å². The predicted octanol–water partition coefficient (Wildman–Crippen LogP) is 3.06. The molecule has 0 spiro atoms. The number of ether oxygens (including phenoxy) is 1. The van der Waals surface area contributed by atoms with Gasteiger partial charge in [-0.2, -0.15) is 0 Å². The molecule has 3 heterocycles. The topological polar surface area (TPSA) is 89.6 Å². The second kappa shape index (κ2) is 7.75. The van der Waals surface area contributed by atoms with Gasteiger partial charge in [-0.1, -0.05) is 36.9 Å². The molecular formula is C23H22N4O2. The lowest BCUT2D eigenvalue weighted by Gasteiger charge is -2.37. The zero-order valence-corrected chi connectivity index (χ0v) is 16.0. The van der Waals surface area contributed by atoms with Crippen LogP contribution in [0.4, 0.5) is 0 Å². The van der Waals surface area contributed by atoms with Gasteiger partial charge in [-0.25, -0.2) is 4.99 Å². The number of benzene rings is 1. The lowest BCUT2D eigenvalue weighted by atomic mass is 9.91. The molecule has 2 aliphatic rings. The molecule has 146 valence electrons. The van der Waals surface area contributed by atoms with E-state index in [9.17, 15) is 4.79 Å². The number of aromatic nitrogens is 1. The molecule has 6 heteroatoms. The molecule has 1 amide bonds. The van der Waals surface area contributed by atoms with Crippen molar-refractivity contribution in [3.05, 3.63) is 96.0 Å². The van der Waals surface area contributed by atoms with E-state index in [1.165, 1.54) is 0 Å². The molecule has 29 heavy (non-hydrogen) atoms. The molecule has 0 bridgehead atoms. The second-order valence-electron chi connectivity index (χ2n) is 6.84. The van der Waals surface area contributed by atoms with Crippen molar-refractivity contribution in [1.29, 1.82) is 0 Å². The number of nitrogens with zero attached hydrogens (tertiary/aromatic N) is 2. The van der Waals surface area contributed by atoms with Crippen LogP contribution in [-0.2, 0) is 15.2 Å². The van der Waals surface area contributed by atoms with Crippen LogP contribution < -0.4 is 11.1 Å². The van der Waals surface area contributed by atoms with E-state index in [0.29, 0.717) is 23.6 Å². The van der Waals surface area contributed by atoms with Crippen LogP contribution in [-0.4, -0.2) is 23.2 Å². The van der Waals surface area contributed by atoms with E-state index in [-0.39, 0.29) is 5.71 Å². The van der Waals surface area contributed by atoms with E-state index in [1.807, 2.05) is 48.5 Å². The van der Waals surface area contributed by atoms with Gasteiger partial charge in [0.2, 0.25) is 0 Å². The minimum absolute atomic E-state index is 0.152. The van der Waals surface area contributed by atoms with Crippen LogP contribution in [0.25, 0.3) is 5.70 Å². The van der Waals surface area contributed by atoms with Crippen LogP contribution in [0.1, 0.15) is 24.0 Å². The summed E-state index contributed by atoms with van der Waals surface area (Å²) in [5.74, 6) is -0.0222. The molecule has 4 rings (SSSR count). The third-order valence-electron chi connectivity index (χ3n) is 4.97. The fourth-order valence-electron chi connectivity index (χ4n) is 3.55. The van der Waals surface area contributed by atoms with Crippen molar-refractivity contribution >= 4 is 17.3 Å². The number of hydrogen-bond donors (Lipinski definition) is 2. The lowest BCUT2D eigenvalue weighted by Crippen LogP contribution is -2.46. The highest BCUT2D eigenvalue weighted by Crippen LogP contribution is 2.37. The molecule has 3 N–H and O–H groups in total. The van der Waals surface area contributed by atoms with Crippen molar-refractivity contribution in [1.82, 2.24) is 10.3 Å². The lowest BCUT2D eigenvalue weighted by molar-refractivity contribution is -0.112. The maximum Gasteiger partial charge on any atom is 0.267 e. The number of rotatable bonds is 5. The smallest absolute Gasteiger partial charge is 0.267 e. The molecule has 1 atom stereocenters. The van der Waals surface area contributed by atoms with Crippen LogP contribution in [0, 0.1) is 0 Å². The molecule has 1 aromatic carbocycles.